The highest BCUT2D eigenvalue weighted by Gasteiger charge is 2.14. The molecule has 0 amide bonds. The lowest BCUT2D eigenvalue weighted by molar-refractivity contribution is 0.0696. The Morgan fingerprint density at radius 1 is 0.958 bits per heavy atom. The highest BCUT2D eigenvalue weighted by Crippen LogP contribution is 2.37. The van der Waals surface area contributed by atoms with E-state index < -0.39 is 5.97 Å². The van der Waals surface area contributed by atoms with E-state index in [2.05, 4.69) is 13.8 Å². The fraction of sp³-hybridized carbons (Fsp3) is 0.421. The van der Waals surface area contributed by atoms with Crippen LogP contribution in [0.4, 0.5) is 0 Å². The van der Waals surface area contributed by atoms with Gasteiger partial charge in [0.05, 0.1) is 18.8 Å². The average molecular weight is 332 g/mol. The van der Waals surface area contributed by atoms with E-state index >= 15 is 0 Å². The van der Waals surface area contributed by atoms with E-state index in [1.165, 1.54) is 12.1 Å². The van der Waals surface area contributed by atoms with Crippen molar-refractivity contribution in [2.75, 3.05) is 13.2 Å². The molecular weight excluding hydrogens is 308 g/mol. The van der Waals surface area contributed by atoms with Crippen LogP contribution in [0.3, 0.4) is 0 Å². The van der Waals surface area contributed by atoms with E-state index in [0.29, 0.717) is 35.5 Å². The van der Waals surface area contributed by atoms with E-state index in [4.69, 9.17) is 14.6 Å². The van der Waals surface area contributed by atoms with Gasteiger partial charge in [0.15, 0.2) is 11.5 Å². The number of unbranched alkanes of at least 4 members (excludes halogenated alkanes) is 2. The van der Waals surface area contributed by atoms with Gasteiger partial charge in [0, 0.05) is 5.39 Å². The molecule has 0 saturated heterocycles. The summed E-state index contributed by atoms with van der Waals surface area (Å²) in [6, 6.07) is 6.23. The molecule has 0 fully saturated rings. The molecule has 2 aromatic carbocycles. The van der Waals surface area contributed by atoms with Crippen LogP contribution in [-0.4, -0.2) is 29.4 Å². The lowest BCUT2D eigenvalue weighted by Gasteiger charge is -2.15. The summed E-state index contributed by atoms with van der Waals surface area (Å²) >= 11 is 0. The number of carboxylic acids is 1. The van der Waals surface area contributed by atoms with Gasteiger partial charge in [-0.2, -0.15) is 0 Å². The Labute approximate surface area is 141 Å². The molecule has 0 aliphatic heterocycles. The fourth-order valence-electron chi connectivity index (χ4n) is 2.35. The number of hydrogen-bond acceptors (Lipinski definition) is 4. The summed E-state index contributed by atoms with van der Waals surface area (Å²) in [6.07, 6.45) is 3.89. The molecule has 24 heavy (non-hydrogen) atoms. The van der Waals surface area contributed by atoms with Crippen molar-refractivity contribution in [2.24, 2.45) is 0 Å². The number of aromatic carboxylic acids is 1. The second-order valence-electron chi connectivity index (χ2n) is 5.72. The molecule has 2 aromatic rings. The maximum absolute atomic E-state index is 11.2. The van der Waals surface area contributed by atoms with Crippen LogP contribution in [0.15, 0.2) is 24.3 Å². The van der Waals surface area contributed by atoms with Crippen molar-refractivity contribution in [1.82, 2.24) is 0 Å². The molecule has 5 heteroatoms. The van der Waals surface area contributed by atoms with Crippen molar-refractivity contribution in [1.29, 1.82) is 0 Å². The number of rotatable bonds is 9. The maximum atomic E-state index is 11.2. The number of ether oxygens (including phenoxy) is 2. The van der Waals surface area contributed by atoms with Crippen LogP contribution in [0.5, 0.6) is 17.2 Å². The molecule has 0 aliphatic carbocycles. The predicted molar refractivity (Wildman–Crippen MR) is 93.4 cm³/mol. The Hall–Kier alpha value is -2.43. The van der Waals surface area contributed by atoms with Gasteiger partial charge in [-0.3, -0.25) is 0 Å². The summed E-state index contributed by atoms with van der Waals surface area (Å²) in [5.41, 5.74) is 0.0409. The third-order valence-corrected chi connectivity index (χ3v) is 3.75. The molecule has 0 unspecified atom stereocenters. The standard InChI is InChI=1S/C19H24O5/c1-3-5-7-23-17-11-13-9-14(19(21)22)10-16(20)15(13)12-18(17)24-8-6-4-2/h9-12,20H,3-8H2,1-2H3,(H,21,22). The maximum Gasteiger partial charge on any atom is 0.335 e. The third-order valence-electron chi connectivity index (χ3n) is 3.75. The first-order valence-corrected chi connectivity index (χ1v) is 8.36. The normalized spacial score (nSPS) is 10.8. The Bertz CT molecular complexity index is 708. The van der Waals surface area contributed by atoms with Gasteiger partial charge in [-0.05, 0) is 42.5 Å². The third kappa shape index (κ3) is 4.31. The van der Waals surface area contributed by atoms with Crippen LogP contribution in [0.25, 0.3) is 10.8 Å². The fourth-order valence-corrected chi connectivity index (χ4v) is 2.35. The number of carbonyl (C=O) groups is 1. The number of benzene rings is 2. The van der Waals surface area contributed by atoms with Crippen molar-refractivity contribution in [3.63, 3.8) is 0 Å². The highest BCUT2D eigenvalue weighted by molar-refractivity contribution is 5.98. The zero-order valence-corrected chi connectivity index (χ0v) is 14.2. The molecule has 0 aromatic heterocycles. The SMILES string of the molecule is CCCCOc1cc2cc(C(=O)O)cc(O)c2cc1OCCCC. The van der Waals surface area contributed by atoms with Gasteiger partial charge < -0.3 is 19.7 Å². The van der Waals surface area contributed by atoms with E-state index in [1.54, 1.807) is 12.1 Å². The molecule has 0 bridgehead atoms. The van der Waals surface area contributed by atoms with Crippen LogP contribution < -0.4 is 9.47 Å². The van der Waals surface area contributed by atoms with E-state index in [9.17, 15) is 9.90 Å². The van der Waals surface area contributed by atoms with Crippen molar-refractivity contribution < 1.29 is 24.5 Å². The van der Waals surface area contributed by atoms with Crippen LogP contribution >= 0.6 is 0 Å². The Morgan fingerprint density at radius 2 is 1.54 bits per heavy atom. The summed E-state index contributed by atoms with van der Waals surface area (Å²) in [7, 11) is 0. The van der Waals surface area contributed by atoms with Crippen LogP contribution in [0.2, 0.25) is 0 Å². The number of carboxylic acid groups (broad SMARTS) is 1. The minimum absolute atomic E-state index is 0.0409. The molecule has 5 nitrogen and oxygen atoms in total. The Balaban J connectivity index is 2.43. The summed E-state index contributed by atoms with van der Waals surface area (Å²) < 4.78 is 11.6. The van der Waals surface area contributed by atoms with E-state index in [1.807, 2.05) is 0 Å². The zero-order valence-electron chi connectivity index (χ0n) is 14.2. The quantitative estimate of drug-likeness (QED) is 0.656. The van der Waals surface area contributed by atoms with Gasteiger partial charge in [0.2, 0.25) is 0 Å². The number of phenols is 1. The number of phenolic OH excluding ortho intramolecular Hbond substituents is 1. The second-order valence-corrected chi connectivity index (χ2v) is 5.72. The first-order chi connectivity index (χ1) is 11.6. The minimum Gasteiger partial charge on any atom is -0.507 e. The molecule has 2 rings (SSSR count). The van der Waals surface area contributed by atoms with Crippen molar-refractivity contribution in [3.8, 4) is 17.2 Å². The molecule has 0 saturated carbocycles. The highest BCUT2D eigenvalue weighted by atomic mass is 16.5. The summed E-state index contributed by atoms with van der Waals surface area (Å²) in [6.45, 7) is 5.30. The number of fused-ring (bicyclic) bond motifs is 1. The Kier molecular flexibility index (Phi) is 6.29. The van der Waals surface area contributed by atoms with E-state index in [-0.39, 0.29) is 11.3 Å². The van der Waals surface area contributed by atoms with Gasteiger partial charge in [-0.15, -0.1) is 0 Å². The molecule has 0 aliphatic rings. The zero-order chi connectivity index (χ0) is 17.5. The van der Waals surface area contributed by atoms with Crippen LogP contribution in [0.1, 0.15) is 49.9 Å². The molecule has 0 spiro atoms. The van der Waals surface area contributed by atoms with Gasteiger partial charge >= 0.3 is 5.97 Å². The lowest BCUT2D eigenvalue weighted by Crippen LogP contribution is -2.03. The average Bonchev–Trinajstić information content (AvgIpc) is 2.55. The monoisotopic (exact) mass is 332 g/mol. The molecule has 130 valence electrons. The first kappa shape index (κ1) is 17.9. The minimum atomic E-state index is -1.08. The summed E-state index contributed by atoms with van der Waals surface area (Å²) in [5, 5.41) is 20.4. The van der Waals surface area contributed by atoms with Crippen LogP contribution in [0, 0.1) is 0 Å². The van der Waals surface area contributed by atoms with Gasteiger partial charge in [-0.25, -0.2) is 4.79 Å². The predicted octanol–water partition coefficient (Wildman–Crippen LogP) is 4.60. The van der Waals surface area contributed by atoms with Crippen molar-refractivity contribution in [3.05, 3.63) is 29.8 Å². The second kappa shape index (κ2) is 8.43. The number of hydrogen-bond donors (Lipinski definition) is 2. The topological polar surface area (TPSA) is 76.0 Å². The van der Waals surface area contributed by atoms with E-state index in [0.717, 1.165) is 25.7 Å². The van der Waals surface area contributed by atoms with Crippen molar-refractivity contribution >= 4 is 16.7 Å². The summed E-state index contributed by atoms with van der Waals surface area (Å²) in [5.74, 6) is -0.00584. The smallest absolute Gasteiger partial charge is 0.335 e. The summed E-state index contributed by atoms with van der Waals surface area (Å²) in [4.78, 5) is 11.2. The molecule has 0 heterocycles. The molecule has 2 N–H and O–H groups in total. The molecule has 0 atom stereocenters. The van der Waals surface area contributed by atoms with Gasteiger partial charge in [0.25, 0.3) is 0 Å². The Morgan fingerprint density at radius 3 is 2.08 bits per heavy atom. The van der Waals surface area contributed by atoms with Crippen molar-refractivity contribution in [2.45, 2.75) is 39.5 Å². The van der Waals surface area contributed by atoms with Gasteiger partial charge in [-0.1, -0.05) is 26.7 Å². The van der Waals surface area contributed by atoms with Crippen LogP contribution in [-0.2, 0) is 0 Å². The largest absolute Gasteiger partial charge is 0.507 e. The number of aromatic hydroxyl groups is 1. The molecular formula is C19H24O5. The first-order valence-electron chi connectivity index (χ1n) is 8.36. The van der Waals surface area contributed by atoms with Gasteiger partial charge in [0.1, 0.15) is 5.75 Å². The lowest BCUT2D eigenvalue weighted by atomic mass is 10.0. The molecule has 0 radical (unpaired) electrons.